The number of carbonyl (C=O) groups excluding carboxylic acids is 2. The summed E-state index contributed by atoms with van der Waals surface area (Å²) in [6.07, 6.45) is 0. The molecule has 0 saturated heterocycles. The van der Waals surface area contributed by atoms with Crippen molar-refractivity contribution in [1.82, 2.24) is 19.8 Å². The Balaban J connectivity index is 1.17. The van der Waals surface area contributed by atoms with Crippen molar-refractivity contribution < 1.29 is 29.4 Å². The third-order valence-electron chi connectivity index (χ3n) is 7.89. The molecule has 242 valence electrons. The maximum Gasteiger partial charge on any atom is 0.317 e. The molecular weight excluding hydrogens is 612 g/mol. The summed E-state index contributed by atoms with van der Waals surface area (Å²) in [5, 5.41) is 28.1. The topological polar surface area (TPSA) is 165 Å². The molecular formula is C36H32N6O6. The minimum Gasteiger partial charge on any atom is -0.480 e. The molecule has 6 rings (SSSR count). The first-order chi connectivity index (χ1) is 23.2. The van der Waals surface area contributed by atoms with Crippen molar-refractivity contribution in [3.8, 4) is 0 Å². The molecule has 4 N–H and O–H groups in total. The SMILES string of the molecule is O=C(O)CN(CCN(CC(=O)O)CC(=O)Nc1c2ccccc2nc2ccccc12)CC(=O)Nc1c2ccccc2nc2ccccc12. The number of para-hydroxylation sites is 4. The molecule has 0 radical (unpaired) electrons. The average Bonchev–Trinajstić information content (AvgIpc) is 3.06. The molecule has 48 heavy (non-hydrogen) atoms. The van der Waals surface area contributed by atoms with E-state index in [9.17, 15) is 29.4 Å². The van der Waals surface area contributed by atoms with Gasteiger partial charge < -0.3 is 20.8 Å². The Morgan fingerprint density at radius 1 is 0.479 bits per heavy atom. The summed E-state index contributed by atoms with van der Waals surface area (Å²) in [5.74, 6) is -3.20. The number of hydrogen-bond donors (Lipinski definition) is 4. The maximum absolute atomic E-state index is 13.4. The minimum absolute atomic E-state index is 0.0131. The van der Waals surface area contributed by atoms with Gasteiger partial charge in [0.05, 0.1) is 59.6 Å². The van der Waals surface area contributed by atoms with E-state index in [2.05, 4.69) is 20.6 Å². The molecule has 0 bridgehead atoms. The summed E-state index contributed by atoms with van der Waals surface area (Å²) in [4.78, 5) is 62.4. The van der Waals surface area contributed by atoms with Gasteiger partial charge in [-0.3, -0.25) is 29.0 Å². The first kappa shape index (κ1) is 32.0. The second-order valence-corrected chi connectivity index (χ2v) is 11.3. The van der Waals surface area contributed by atoms with Gasteiger partial charge in [-0.25, -0.2) is 9.97 Å². The molecule has 0 fully saturated rings. The number of fused-ring (bicyclic) bond motifs is 4. The largest absolute Gasteiger partial charge is 0.480 e. The third kappa shape index (κ3) is 7.35. The highest BCUT2D eigenvalue weighted by atomic mass is 16.4. The van der Waals surface area contributed by atoms with Crippen molar-refractivity contribution in [3.63, 3.8) is 0 Å². The number of pyridine rings is 2. The second-order valence-electron chi connectivity index (χ2n) is 11.3. The highest BCUT2D eigenvalue weighted by molar-refractivity contribution is 6.14. The molecule has 0 aliphatic rings. The lowest BCUT2D eigenvalue weighted by molar-refractivity contribution is -0.140. The van der Waals surface area contributed by atoms with Gasteiger partial charge in [-0.05, 0) is 24.3 Å². The quantitative estimate of drug-likeness (QED) is 0.132. The van der Waals surface area contributed by atoms with Gasteiger partial charge in [-0.2, -0.15) is 0 Å². The monoisotopic (exact) mass is 644 g/mol. The predicted molar refractivity (Wildman–Crippen MR) is 184 cm³/mol. The first-order valence-electron chi connectivity index (χ1n) is 15.3. The fourth-order valence-corrected chi connectivity index (χ4v) is 5.81. The van der Waals surface area contributed by atoms with Crippen LogP contribution >= 0.6 is 0 Å². The van der Waals surface area contributed by atoms with Gasteiger partial charge in [0.25, 0.3) is 0 Å². The molecule has 0 spiro atoms. The van der Waals surface area contributed by atoms with Crippen LogP contribution in [0.15, 0.2) is 97.1 Å². The third-order valence-corrected chi connectivity index (χ3v) is 7.89. The van der Waals surface area contributed by atoms with Crippen LogP contribution in [0.4, 0.5) is 11.4 Å². The summed E-state index contributed by atoms with van der Waals surface area (Å²) < 4.78 is 0. The Morgan fingerprint density at radius 3 is 1.06 bits per heavy atom. The van der Waals surface area contributed by atoms with Gasteiger partial charge in [0.2, 0.25) is 11.8 Å². The van der Waals surface area contributed by atoms with Crippen LogP contribution in [-0.2, 0) is 19.2 Å². The maximum atomic E-state index is 13.4. The zero-order valence-corrected chi connectivity index (χ0v) is 25.8. The molecule has 0 aliphatic carbocycles. The van der Waals surface area contributed by atoms with E-state index in [1.165, 1.54) is 9.80 Å². The molecule has 4 aromatic carbocycles. The van der Waals surface area contributed by atoms with E-state index >= 15 is 0 Å². The molecule has 12 nitrogen and oxygen atoms in total. The molecule has 0 unspecified atom stereocenters. The highest BCUT2D eigenvalue weighted by Gasteiger charge is 2.21. The molecule has 0 aliphatic heterocycles. The standard InChI is InChI=1S/C36H32N6O6/c43-31(39-35-23-9-1-5-13-27(23)37-28-14-6-2-10-24(28)35)19-41(21-33(45)46)17-18-42(22-34(47)48)20-32(44)40-36-25-11-3-7-15-29(25)38-30-16-8-4-12-26(30)36/h1-16H,17-22H2,(H,45,46)(H,47,48)(H,37,39,43)(H,38,40,44). The zero-order valence-electron chi connectivity index (χ0n) is 25.8. The molecule has 0 atom stereocenters. The van der Waals surface area contributed by atoms with Gasteiger partial charge in [-0.1, -0.05) is 72.8 Å². The van der Waals surface area contributed by atoms with E-state index in [1.54, 1.807) is 0 Å². The Hall–Kier alpha value is -5.98. The van der Waals surface area contributed by atoms with E-state index < -0.39 is 36.8 Å². The Kier molecular flexibility index (Phi) is 9.46. The predicted octanol–water partition coefficient (Wildman–Crippen LogP) is 4.44. The number of carbonyl (C=O) groups is 4. The van der Waals surface area contributed by atoms with Crippen LogP contribution in [0.5, 0.6) is 0 Å². The van der Waals surface area contributed by atoms with Gasteiger partial charge in [0.1, 0.15) is 0 Å². The summed E-state index contributed by atoms with van der Waals surface area (Å²) in [6, 6.07) is 29.6. The van der Waals surface area contributed by atoms with Crippen molar-refractivity contribution in [2.24, 2.45) is 0 Å². The number of nitrogens with one attached hydrogen (secondary N) is 2. The molecule has 6 aromatic rings. The number of carboxylic acids is 2. The summed E-state index contributed by atoms with van der Waals surface area (Å²) in [6.45, 7) is -1.46. The van der Waals surface area contributed by atoms with E-state index in [0.29, 0.717) is 33.4 Å². The van der Waals surface area contributed by atoms with Crippen molar-refractivity contribution in [2.45, 2.75) is 0 Å². The Bertz CT molecular complexity index is 1930. The van der Waals surface area contributed by atoms with Crippen molar-refractivity contribution in [2.75, 3.05) is 49.9 Å². The lowest BCUT2D eigenvalue weighted by Gasteiger charge is -2.25. The zero-order chi connectivity index (χ0) is 33.6. The molecule has 2 aromatic heterocycles. The van der Waals surface area contributed by atoms with Crippen LogP contribution in [0.3, 0.4) is 0 Å². The lowest BCUT2D eigenvalue weighted by atomic mass is 10.1. The van der Waals surface area contributed by atoms with Crippen LogP contribution in [0.1, 0.15) is 0 Å². The summed E-state index contributed by atoms with van der Waals surface area (Å²) in [7, 11) is 0. The molecule has 0 saturated carbocycles. The van der Waals surface area contributed by atoms with Gasteiger partial charge in [-0.15, -0.1) is 0 Å². The smallest absolute Gasteiger partial charge is 0.317 e. The normalized spacial score (nSPS) is 11.5. The van der Waals surface area contributed by atoms with Crippen molar-refractivity contribution in [3.05, 3.63) is 97.1 Å². The Labute approximate surface area is 274 Å². The minimum atomic E-state index is -1.15. The van der Waals surface area contributed by atoms with E-state index in [1.807, 2.05) is 97.1 Å². The number of aromatic nitrogens is 2. The molecule has 12 heteroatoms. The van der Waals surface area contributed by atoms with E-state index in [-0.39, 0.29) is 26.2 Å². The van der Waals surface area contributed by atoms with E-state index in [4.69, 9.17) is 0 Å². The first-order valence-corrected chi connectivity index (χ1v) is 15.3. The lowest BCUT2D eigenvalue weighted by Crippen LogP contribution is -2.44. The molecule has 2 heterocycles. The van der Waals surface area contributed by atoms with Crippen LogP contribution < -0.4 is 10.6 Å². The highest BCUT2D eigenvalue weighted by Crippen LogP contribution is 2.31. The molecule has 2 amide bonds. The van der Waals surface area contributed by atoms with Gasteiger partial charge >= 0.3 is 11.9 Å². The number of nitrogens with zero attached hydrogens (tertiary/aromatic N) is 4. The van der Waals surface area contributed by atoms with E-state index in [0.717, 1.165) is 21.5 Å². The Morgan fingerprint density at radius 2 is 0.771 bits per heavy atom. The number of carboxylic acid groups (broad SMARTS) is 2. The second kappa shape index (κ2) is 14.2. The number of rotatable bonds is 13. The van der Waals surface area contributed by atoms with Crippen LogP contribution in [0, 0.1) is 0 Å². The summed E-state index contributed by atoms with van der Waals surface area (Å²) in [5.41, 5.74) is 3.93. The number of hydrogen-bond acceptors (Lipinski definition) is 8. The van der Waals surface area contributed by atoms with Crippen LogP contribution in [0.2, 0.25) is 0 Å². The van der Waals surface area contributed by atoms with Crippen LogP contribution in [-0.4, -0.2) is 93.0 Å². The fourth-order valence-electron chi connectivity index (χ4n) is 5.81. The van der Waals surface area contributed by atoms with Gasteiger partial charge in [0.15, 0.2) is 0 Å². The van der Waals surface area contributed by atoms with Crippen LogP contribution in [0.25, 0.3) is 43.6 Å². The number of amides is 2. The summed E-state index contributed by atoms with van der Waals surface area (Å²) >= 11 is 0. The fraction of sp³-hybridized carbons (Fsp3) is 0.167. The number of benzene rings is 4. The number of anilines is 2. The number of aliphatic carboxylic acids is 2. The van der Waals surface area contributed by atoms with Crippen molar-refractivity contribution in [1.29, 1.82) is 0 Å². The van der Waals surface area contributed by atoms with Crippen molar-refractivity contribution >= 4 is 78.7 Å². The van der Waals surface area contributed by atoms with Gasteiger partial charge in [0, 0.05) is 34.6 Å². The average molecular weight is 645 g/mol.